The summed E-state index contributed by atoms with van der Waals surface area (Å²) in [5.41, 5.74) is -0.559. The van der Waals surface area contributed by atoms with Crippen LogP contribution in [-0.2, 0) is 22.7 Å². The van der Waals surface area contributed by atoms with E-state index in [1.165, 1.54) is 24.3 Å². The summed E-state index contributed by atoms with van der Waals surface area (Å²) in [6.45, 7) is -0.815. The Morgan fingerprint density at radius 2 is 0.873 bits per heavy atom. The molecule has 0 unspecified atom stereocenters. The summed E-state index contributed by atoms with van der Waals surface area (Å²) >= 11 is 0. The number of amides is 2. The van der Waals surface area contributed by atoms with Gasteiger partial charge < -0.3 is 14.2 Å². The number of anilines is 2. The van der Waals surface area contributed by atoms with Crippen LogP contribution in [0, 0.1) is 0 Å². The van der Waals surface area contributed by atoms with Gasteiger partial charge in [-0.15, -0.1) is 0 Å². The third-order valence-corrected chi connectivity index (χ3v) is 6.81. The Bertz CT molecular complexity index is 1780. The Kier molecular flexibility index (Phi) is 12.6. The maximum absolute atomic E-state index is 14.6. The van der Waals surface area contributed by atoms with Gasteiger partial charge in [-0.1, -0.05) is 60.7 Å². The number of ether oxygens (including phenoxy) is 3. The maximum atomic E-state index is 14.6. The molecule has 3 aromatic carbocycles. The van der Waals surface area contributed by atoms with Crippen molar-refractivity contribution < 1.29 is 98.4 Å². The Labute approximate surface area is 295 Å². The Hall–Kier alpha value is -5.45. The van der Waals surface area contributed by atoms with Gasteiger partial charge in [-0.3, -0.25) is 10.6 Å². The number of hydrogen-bond donors (Lipinski definition) is 2. The van der Waals surface area contributed by atoms with Crippen LogP contribution in [0.4, 0.5) is 95.6 Å². The summed E-state index contributed by atoms with van der Waals surface area (Å²) in [6.07, 6.45) is -10.6. The number of carbonyl (C=O) groups is 2. The molecule has 0 bridgehead atoms. The fraction of sp³-hybridized carbons (Fsp3) is 0.290. The Morgan fingerprint density at radius 1 is 0.509 bits per heavy atom. The predicted molar refractivity (Wildman–Crippen MR) is 153 cm³/mol. The Morgan fingerprint density at radius 3 is 1.25 bits per heavy atom. The highest BCUT2D eigenvalue weighted by molar-refractivity contribution is 5.89. The number of allylic oxidation sites excluding steroid dienone is 1. The van der Waals surface area contributed by atoms with Gasteiger partial charge in [0, 0.05) is 23.5 Å². The number of carbonyl (C=O) groups excluding carboxylic acids is 2. The molecule has 0 saturated heterocycles. The molecule has 2 N–H and O–H groups in total. The summed E-state index contributed by atoms with van der Waals surface area (Å²) in [4.78, 5) is 24.6. The molecule has 7 nitrogen and oxygen atoms in total. The second-order valence-corrected chi connectivity index (χ2v) is 10.8. The average Bonchev–Trinajstić information content (AvgIpc) is 3.09. The zero-order chi connectivity index (χ0) is 41.8. The maximum Gasteiger partial charge on any atom is 0.460 e. The van der Waals surface area contributed by atoms with Crippen LogP contribution in [0.3, 0.4) is 0 Å². The highest BCUT2D eigenvalue weighted by atomic mass is 19.4. The van der Waals surface area contributed by atoms with Crippen molar-refractivity contribution in [3.05, 3.63) is 102 Å². The van der Waals surface area contributed by atoms with Gasteiger partial charge in [-0.05, 0) is 17.2 Å². The van der Waals surface area contributed by atoms with Gasteiger partial charge in [-0.2, -0.15) is 74.6 Å². The van der Waals surface area contributed by atoms with Crippen LogP contribution in [0.1, 0.15) is 11.1 Å². The molecule has 24 heteroatoms. The largest absolute Gasteiger partial charge is 0.460 e. The first-order chi connectivity index (χ1) is 25.1. The summed E-state index contributed by atoms with van der Waals surface area (Å²) in [6, 6.07) is 13.0. The second kappa shape index (κ2) is 15.7. The molecule has 0 aromatic heterocycles. The van der Waals surface area contributed by atoms with Crippen molar-refractivity contribution in [1.29, 1.82) is 0 Å². The van der Waals surface area contributed by atoms with Gasteiger partial charge in [0.05, 0.1) is 0 Å². The molecular weight excluding hydrogens is 803 g/mol. The second-order valence-electron chi connectivity index (χ2n) is 10.8. The van der Waals surface area contributed by atoms with Gasteiger partial charge in [-0.25, -0.2) is 9.59 Å². The molecule has 3 rings (SSSR count). The SMILES string of the molecule is O=C(Nc1cc(NC(=O)OCc2ccccc2)cc(OC(F)=C(F)C(F)(F)C(F)(F)C(F)(F)C(F)(F)C(F)(F)C(F)(F)C(F)(F)F)c1)OCc1ccccc1. The molecule has 0 heterocycles. The number of nitrogens with one attached hydrogen (secondary N) is 2. The first kappa shape index (κ1) is 44.0. The van der Waals surface area contributed by atoms with Gasteiger partial charge in [0.1, 0.15) is 19.0 Å². The van der Waals surface area contributed by atoms with E-state index in [0.29, 0.717) is 23.3 Å². The highest BCUT2D eigenvalue weighted by Crippen LogP contribution is 2.63. The summed E-state index contributed by atoms with van der Waals surface area (Å²) in [7, 11) is 0. The lowest BCUT2D eigenvalue weighted by Gasteiger charge is -2.41. The lowest BCUT2D eigenvalue weighted by molar-refractivity contribution is -0.451. The highest BCUT2D eigenvalue weighted by Gasteiger charge is 2.94. The van der Waals surface area contributed by atoms with E-state index < -0.39 is 96.1 Å². The molecule has 0 fully saturated rings. The molecule has 0 saturated carbocycles. The van der Waals surface area contributed by atoms with Crippen molar-refractivity contribution in [3.8, 4) is 5.75 Å². The quantitative estimate of drug-likeness (QED) is 0.125. The molecule has 55 heavy (non-hydrogen) atoms. The third-order valence-electron chi connectivity index (χ3n) is 6.81. The minimum absolute atomic E-state index is 0.329. The van der Waals surface area contributed by atoms with E-state index in [1.54, 1.807) is 36.4 Å². The molecule has 0 atom stereocenters. The van der Waals surface area contributed by atoms with Crippen molar-refractivity contribution in [2.75, 3.05) is 10.6 Å². The Balaban J connectivity index is 1.97. The molecule has 0 aliphatic heterocycles. The normalized spacial score (nSPS) is 13.8. The summed E-state index contributed by atoms with van der Waals surface area (Å²) in [5, 5.41) is 3.85. The van der Waals surface area contributed by atoms with Crippen LogP contribution >= 0.6 is 0 Å². The fourth-order valence-electron chi connectivity index (χ4n) is 3.93. The van der Waals surface area contributed by atoms with Crippen LogP contribution < -0.4 is 15.4 Å². The van der Waals surface area contributed by atoms with Crippen molar-refractivity contribution in [2.45, 2.75) is 54.9 Å². The van der Waals surface area contributed by atoms with E-state index >= 15 is 0 Å². The lowest BCUT2D eigenvalue weighted by atomic mass is 9.91. The van der Waals surface area contributed by atoms with E-state index in [9.17, 15) is 84.2 Å². The van der Waals surface area contributed by atoms with E-state index in [-0.39, 0.29) is 0 Å². The van der Waals surface area contributed by atoms with Crippen molar-refractivity contribution in [1.82, 2.24) is 0 Å². The molecule has 0 aliphatic carbocycles. The van der Waals surface area contributed by atoms with E-state index in [0.717, 1.165) is 6.07 Å². The zero-order valence-electron chi connectivity index (χ0n) is 26.4. The molecule has 3 aromatic rings. The van der Waals surface area contributed by atoms with E-state index in [4.69, 9.17) is 9.47 Å². The third kappa shape index (κ3) is 8.93. The summed E-state index contributed by atoms with van der Waals surface area (Å²) < 4.78 is 245. The number of rotatable bonds is 14. The van der Waals surface area contributed by atoms with Crippen molar-refractivity contribution >= 4 is 23.6 Å². The summed E-state index contributed by atoms with van der Waals surface area (Å²) in [5.74, 6) is -56.6. The smallest absolute Gasteiger partial charge is 0.444 e. The van der Waals surface area contributed by atoms with Crippen LogP contribution in [-0.4, -0.2) is 53.9 Å². The number of hydrogen-bond acceptors (Lipinski definition) is 5. The van der Waals surface area contributed by atoms with Crippen molar-refractivity contribution in [3.63, 3.8) is 0 Å². The molecule has 0 spiro atoms. The van der Waals surface area contributed by atoms with E-state index in [2.05, 4.69) is 4.74 Å². The number of halogens is 17. The van der Waals surface area contributed by atoms with E-state index in [1.807, 2.05) is 10.6 Å². The lowest BCUT2D eigenvalue weighted by Crippen LogP contribution is -2.72. The monoisotopic (exact) mass is 822 g/mol. The average molecular weight is 822 g/mol. The first-order valence-electron chi connectivity index (χ1n) is 14.3. The van der Waals surface area contributed by atoms with Gasteiger partial charge in [0.15, 0.2) is 0 Å². The minimum atomic E-state index is -8.76. The van der Waals surface area contributed by atoms with Crippen LogP contribution in [0.15, 0.2) is 90.7 Å². The van der Waals surface area contributed by atoms with Gasteiger partial charge in [0.2, 0.25) is 5.83 Å². The first-order valence-corrected chi connectivity index (χ1v) is 14.3. The molecule has 0 radical (unpaired) electrons. The van der Waals surface area contributed by atoms with Gasteiger partial charge >= 0.3 is 59.9 Å². The number of alkyl halides is 15. The predicted octanol–water partition coefficient (Wildman–Crippen LogP) is 11.0. The molecule has 302 valence electrons. The number of benzene rings is 3. The van der Waals surface area contributed by atoms with Crippen molar-refractivity contribution in [2.24, 2.45) is 0 Å². The van der Waals surface area contributed by atoms with Crippen LogP contribution in [0.25, 0.3) is 0 Å². The van der Waals surface area contributed by atoms with Crippen LogP contribution in [0.5, 0.6) is 5.75 Å². The molecule has 2 amide bonds. The molecule has 0 aliphatic rings. The van der Waals surface area contributed by atoms with Gasteiger partial charge in [0.25, 0.3) is 0 Å². The topological polar surface area (TPSA) is 85.9 Å². The van der Waals surface area contributed by atoms with Crippen LogP contribution in [0.2, 0.25) is 0 Å². The minimum Gasteiger partial charge on any atom is -0.444 e. The standard InChI is InChI=1S/C31H19F17N2O5/c32-21(25(34,35)26(36,37)27(38,39)28(40,41)29(42,43)30(44,45)31(46,47)48)22(33)55-20-12-18(49-23(51)53-14-16-7-3-1-4-8-16)11-19(13-20)50-24(52)54-15-17-9-5-2-6-10-17/h1-13H,14-15H2,(H,49,51)(H,50,52). The zero-order valence-corrected chi connectivity index (χ0v) is 26.4. The molecular formula is C31H19F17N2O5. The fourth-order valence-corrected chi connectivity index (χ4v) is 3.93.